The van der Waals surface area contributed by atoms with Crippen LogP contribution in [0.25, 0.3) is 0 Å². The van der Waals surface area contributed by atoms with Gasteiger partial charge in [0.15, 0.2) is 0 Å². The van der Waals surface area contributed by atoms with Crippen LogP contribution in [0.4, 0.5) is 0 Å². The third-order valence-corrected chi connectivity index (χ3v) is 3.23. The highest BCUT2D eigenvalue weighted by Crippen LogP contribution is 2.14. The van der Waals surface area contributed by atoms with Crippen molar-refractivity contribution >= 4 is 0 Å². The fraction of sp³-hybridized carbons (Fsp3) is 0.571. The van der Waals surface area contributed by atoms with Crippen molar-refractivity contribution < 1.29 is 0 Å². The van der Waals surface area contributed by atoms with Crippen LogP contribution >= 0.6 is 0 Å². The highest BCUT2D eigenvalue weighted by molar-refractivity contribution is 5.23. The molecule has 1 nitrogen and oxygen atoms in total. The quantitative estimate of drug-likeness (QED) is 0.779. The van der Waals surface area contributed by atoms with E-state index >= 15 is 0 Å². The van der Waals surface area contributed by atoms with E-state index in [4.69, 9.17) is 0 Å². The standard InChI is InChI=1S/C14H21N/c1-12-6-5-7-13(10-12)11-14-8-3-2-4-9-15-14/h5-7,10,14-15H,2-4,8-9,11H2,1H3/t14-/m0/s1. The van der Waals surface area contributed by atoms with Crippen LogP contribution in [0.1, 0.15) is 36.8 Å². The molecule has 1 fully saturated rings. The third-order valence-electron chi connectivity index (χ3n) is 3.23. The number of aryl methyl sites for hydroxylation is 1. The number of nitrogens with one attached hydrogen (secondary N) is 1. The van der Waals surface area contributed by atoms with Gasteiger partial charge in [0, 0.05) is 6.04 Å². The lowest BCUT2D eigenvalue weighted by atomic mass is 10.0. The molecule has 1 aromatic carbocycles. The molecule has 1 aliphatic heterocycles. The molecule has 0 amide bonds. The zero-order chi connectivity index (χ0) is 10.5. The Labute approximate surface area is 92.9 Å². The first-order valence-corrected chi connectivity index (χ1v) is 6.13. The predicted octanol–water partition coefficient (Wildman–Crippen LogP) is 3.07. The molecule has 0 saturated carbocycles. The Bertz CT molecular complexity index is 298. The second kappa shape index (κ2) is 5.32. The third kappa shape index (κ3) is 3.35. The van der Waals surface area contributed by atoms with Crippen LogP contribution in [0, 0.1) is 6.92 Å². The van der Waals surface area contributed by atoms with Gasteiger partial charge in [-0.25, -0.2) is 0 Å². The van der Waals surface area contributed by atoms with Crippen molar-refractivity contribution in [2.75, 3.05) is 6.54 Å². The van der Waals surface area contributed by atoms with Crippen LogP contribution in [0.5, 0.6) is 0 Å². The normalized spacial score (nSPS) is 22.3. The summed E-state index contributed by atoms with van der Waals surface area (Å²) in [6.45, 7) is 3.38. The van der Waals surface area contributed by atoms with E-state index in [1.165, 1.54) is 49.8 Å². The van der Waals surface area contributed by atoms with Gasteiger partial charge in [0.25, 0.3) is 0 Å². The van der Waals surface area contributed by atoms with Gasteiger partial charge in [-0.05, 0) is 38.3 Å². The minimum atomic E-state index is 0.703. The van der Waals surface area contributed by atoms with Crippen molar-refractivity contribution in [2.24, 2.45) is 0 Å². The molecule has 1 aromatic rings. The number of hydrogen-bond acceptors (Lipinski definition) is 1. The van der Waals surface area contributed by atoms with Crippen molar-refractivity contribution in [1.29, 1.82) is 0 Å². The number of rotatable bonds is 2. The summed E-state index contributed by atoms with van der Waals surface area (Å²) in [5, 5.41) is 3.65. The summed E-state index contributed by atoms with van der Waals surface area (Å²) in [7, 11) is 0. The topological polar surface area (TPSA) is 12.0 Å². The van der Waals surface area contributed by atoms with Crippen LogP contribution < -0.4 is 5.32 Å². The Balaban J connectivity index is 1.95. The molecule has 0 bridgehead atoms. The summed E-state index contributed by atoms with van der Waals surface area (Å²) < 4.78 is 0. The molecule has 1 heterocycles. The highest BCUT2D eigenvalue weighted by Gasteiger charge is 2.11. The number of hydrogen-bond donors (Lipinski definition) is 1. The Hall–Kier alpha value is -0.820. The SMILES string of the molecule is Cc1cccc(C[C@@H]2CCCCCN2)c1. The van der Waals surface area contributed by atoms with Crippen LogP contribution in [0.3, 0.4) is 0 Å². The molecule has 15 heavy (non-hydrogen) atoms. The van der Waals surface area contributed by atoms with Crippen molar-refractivity contribution in [2.45, 2.75) is 45.1 Å². The monoisotopic (exact) mass is 203 g/mol. The van der Waals surface area contributed by atoms with Gasteiger partial charge in [-0.3, -0.25) is 0 Å². The summed E-state index contributed by atoms with van der Waals surface area (Å²) in [4.78, 5) is 0. The van der Waals surface area contributed by atoms with E-state index in [0.717, 1.165) is 0 Å². The molecular formula is C14H21N. The van der Waals surface area contributed by atoms with E-state index in [1.54, 1.807) is 0 Å². The van der Waals surface area contributed by atoms with E-state index in [1.807, 2.05) is 0 Å². The second-order valence-electron chi connectivity index (χ2n) is 4.69. The van der Waals surface area contributed by atoms with Gasteiger partial charge >= 0.3 is 0 Å². The molecule has 1 saturated heterocycles. The summed E-state index contributed by atoms with van der Waals surface area (Å²) in [6.07, 6.45) is 6.68. The molecule has 82 valence electrons. The second-order valence-corrected chi connectivity index (χ2v) is 4.69. The van der Waals surface area contributed by atoms with Crippen LogP contribution in [0.15, 0.2) is 24.3 Å². The van der Waals surface area contributed by atoms with Crippen LogP contribution in [-0.2, 0) is 6.42 Å². The van der Waals surface area contributed by atoms with Gasteiger partial charge < -0.3 is 5.32 Å². The van der Waals surface area contributed by atoms with Gasteiger partial charge in [0.2, 0.25) is 0 Å². The summed E-state index contributed by atoms with van der Waals surface area (Å²) in [5.41, 5.74) is 2.86. The first-order chi connectivity index (χ1) is 7.34. The van der Waals surface area contributed by atoms with Crippen molar-refractivity contribution in [3.05, 3.63) is 35.4 Å². The van der Waals surface area contributed by atoms with Crippen LogP contribution in [0.2, 0.25) is 0 Å². The molecule has 0 unspecified atom stereocenters. The average Bonchev–Trinajstić information content (AvgIpc) is 2.46. The Morgan fingerprint density at radius 2 is 2.20 bits per heavy atom. The predicted molar refractivity (Wildman–Crippen MR) is 65.1 cm³/mol. The molecule has 0 spiro atoms. The molecule has 0 aliphatic carbocycles. The van der Waals surface area contributed by atoms with E-state index in [-0.39, 0.29) is 0 Å². The molecule has 0 radical (unpaired) electrons. The molecule has 1 aliphatic rings. The van der Waals surface area contributed by atoms with Gasteiger partial charge in [-0.15, -0.1) is 0 Å². The van der Waals surface area contributed by atoms with Gasteiger partial charge in [0.1, 0.15) is 0 Å². The van der Waals surface area contributed by atoms with Crippen molar-refractivity contribution in [3.63, 3.8) is 0 Å². The van der Waals surface area contributed by atoms with Gasteiger partial charge in [-0.1, -0.05) is 42.7 Å². The van der Waals surface area contributed by atoms with Gasteiger partial charge in [-0.2, -0.15) is 0 Å². The maximum Gasteiger partial charge on any atom is 0.0107 e. The summed E-state index contributed by atoms with van der Waals surface area (Å²) in [6, 6.07) is 9.60. The Morgan fingerprint density at radius 1 is 1.27 bits per heavy atom. The lowest BCUT2D eigenvalue weighted by molar-refractivity contribution is 0.507. The van der Waals surface area contributed by atoms with Crippen molar-refractivity contribution in [3.8, 4) is 0 Å². The highest BCUT2D eigenvalue weighted by atomic mass is 14.9. The number of benzene rings is 1. The van der Waals surface area contributed by atoms with E-state index in [9.17, 15) is 0 Å². The molecular weight excluding hydrogens is 182 g/mol. The smallest absolute Gasteiger partial charge is 0.0107 e. The van der Waals surface area contributed by atoms with E-state index in [2.05, 4.69) is 36.5 Å². The first kappa shape index (κ1) is 10.7. The Morgan fingerprint density at radius 3 is 3.07 bits per heavy atom. The average molecular weight is 203 g/mol. The maximum absolute atomic E-state index is 3.65. The molecule has 0 aromatic heterocycles. The van der Waals surface area contributed by atoms with E-state index < -0.39 is 0 Å². The molecule has 1 heteroatoms. The molecule has 1 N–H and O–H groups in total. The van der Waals surface area contributed by atoms with Crippen LogP contribution in [-0.4, -0.2) is 12.6 Å². The zero-order valence-electron chi connectivity index (χ0n) is 9.63. The van der Waals surface area contributed by atoms with E-state index in [0.29, 0.717) is 6.04 Å². The largest absolute Gasteiger partial charge is 0.314 e. The zero-order valence-corrected chi connectivity index (χ0v) is 9.63. The summed E-state index contributed by atoms with van der Waals surface area (Å²) >= 11 is 0. The minimum absolute atomic E-state index is 0.703. The first-order valence-electron chi connectivity index (χ1n) is 6.13. The Kier molecular flexibility index (Phi) is 3.79. The fourth-order valence-corrected chi connectivity index (χ4v) is 2.40. The van der Waals surface area contributed by atoms with Crippen molar-refractivity contribution in [1.82, 2.24) is 5.32 Å². The lowest BCUT2D eigenvalue weighted by Crippen LogP contribution is -2.30. The summed E-state index contributed by atoms with van der Waals surface area (Å²) in [5.74, 6) is 0. The fourth-order valence-electron chi connectivity index (χ4n) is 2.40. The maximum atomic E-state index is 3.65. The lowest BCUT2D eigenvalue weighted by Gasteiger charge is -2.15. The van der Waals surface area contributed by atoms with Gasteiger partial charge in [0.05, 0.1) is 0 Å². The molecule has 2 rings (SSSR count). The minimum Gasteiger partial charge on any atom is -0.314 e. The molecule has 1 atom stereocenters.